The first-order chi connectivity index (χ1) is 11.4. The molecule has 2 rings (SSSR count). The van der Waals surface area contributed by atoms with Gasteiger partial charge in [-0.1, -0.05) is 31.9 Å². The molecule has 7 heteroatoms. The van der Waals surface area contributed by atoms with Gasteiger partial charge in [-0.15, -0.1) is 0 Å². The maximum atomic E-state index is 11.9. The molecule has 1 saturated carbocycles. The molecule has 2 amide bonds. The molecule has 0 saturated heterocycles. The molecule has 24 heavy (non-hydrogen) atoms. The Balaban J connectivity index is 1.80. The van der Waals surface area contributed by atoms with Gasteiger partial charge in [-0.25, -0.2) is 17.9 Å². The second kappa shape index (κ2) is 8.48. The summed E-state index contributed by atoms with van der Waals surface area (Å²) in [6, 6.07) is 6.34. The van der Waals surface area contributed by atoms with E-state index in [1.165, 1.54) is 38.8 Å². The van der Waals surface area contributed by atoms with Crippen LogP contribution in [0.25, 0.3) is 0 Å². The summed E-state index contributed by atoms with van der Waals surface area (Å²) in [6.45, 7) is 3.25. The van der Waals surface area contributed by atoms with Crippen molar-refractivity contribution in [2.75, 3.05) is 13.6 Å². The van der Waals surface area contributed by atoms with Crippen molar-refractivity contribution in [3.05, 3.63) is 29.8 Å². The van der Waals surface area contributed by atoms with E-state index in [4.69, 9.17) is 0 Å². The first-order valence-corrected chi connectivity index (χ1v) is 9.93. The largest absolute Gasteiger partial charge is 0.338 e. The lowest BCUT2D eigenvalue weighted by molar-refractivity contribution is 0.231. The van der Waals surface area contributed by atoms with Crippen LogP contribution in [0.5, 0.6) is 0 Å². The summed E-state index contributed by atoms with van der Waals surface area (Å²) in [5.41, 5.74) is 0.743. The Kier molecular flexibility index (Phi) is 6.62. The summed E-state index contributed by atoms with van der Waals surface area (Å²) in [7, 11) is -2.09. The standard InChI is InChI=1S/C17H27N3O3S/c1-13-5-3-6-14(9-13)11-19-17(21)20-12-15-7-4-8-16(10-15)24(22,23)18-2/h4,7-8,10,13-14,18H,3,5-6,9,11-12H2,1-2H3,(H2,19,20,21). The van der Waals surface area contributed by atoms with E-state index < -0.39 is 10.0 Å². The molecule has 0 aliphatic heterocycles. The molecule has 3 N–H and O–H groups in total. The minimum atomic E-state index is -3.47. The van der Waals surface area contributed by atoms with Gasteiger partial charge in [0.15, 0.2) is 0 Å². The number of benzene rings is 1. The molecule has 0 heterocycles. The van der Waals surface area contributed by atoms with Crippen LogP contribution in [0.15, 0.2) is 29.2 Å². The summed E-state index contributed by atoms with van der Waals surface area (Å²) in [5, 5.41) is 5.70. The Bertz CT molecular complexity index is 661. The fourth-order valence-electron chi connectivity index (χ4n) is 3.17. The molecule has 1 aliphatic carbocycles. The zero-order chi connectivity index (χ0) is 17.6. The number of nitrogens with one attached hydrogen (secondary N) is 3. The molecule has 1 aromatic rings. The Morgan fingerprint density at radius 2 is 2.04 bits per heavy atom. The van der Waals surface area contributed by atoms with Gasteiger partial charge in [-0.05, 0) is 49.4 Å². The molecule has 6 nitrogen and oxygen atoms in total. The third-order valence-corrected chi connectivity index (χ3v) is 5.94. The molecule has 1 fully saturated rings. The monoisotopic (exact) mass is 353 g/mol. The van der Waals surface area contributed by atoms with E-state index in [1.54, 1.807) is 18.2 Å². The van der Waals surface area contributed by atoms with E-state index >= 15 is 0 Å². The summed E-state index contributed by atoms with van der Waals surface area (Å²) in [6.07, 6.45) is 4.87. The second-order valence-electron chi connectivity index (χ2n) is 6.56. The Morgan fingerprint density at radius 3 is 2.75 bits per heavy atom. The Labute approximate surface area is 144 Å². The molecule has 0 radical (unpaired) electrons. The van der Waals surface area contributed by atoms with Gasteiger partial charge in [-0.2, -0.15) is 0 Å². The van der Waals surface area contributed by atoms with Crippen LogP contribution >= 0.6 is 0 Å². The van der Waals surface area contributed by atoms with Crippen LogP contribution in [-0.4, -0.2) is 28.0 Å². The van der Waals surface area contributed by atoms with Crippen molar-refractivity contribution < 1.29 is 13.2 Å². The number of sulfonamides is 1. The lowest BCUT2D eigenvalue weighted by Gasteiger charge is -2.26. The molecule has 0 spiro atoms. The number of amides is 2. The van der Waals surface area contributed by atoms with E-state index in [0.29, 0.717) is 19.0 Å². The smallest absolute Gasteiger partial charge is 0.315 e. The topological polar surface area (TPSA) is 87.3 Å². The predicted molar refractivity (Wildman–Crippen MR) is 94.0 cm³/mol. The summed E-state index contributed by atoms with van der Waals surface area (Å²) < 4.78 is 25.9. The summed E-state index contributed by atoms with van der Waals surface area (Å²) in [5.74, 6) is 1.30. The zero-order valence-corrected chi connectivity index (χ0v) is 15.2. The Morgan fingerprint density at radius 1 is 1.25 bits per heavy atom. The number of carbonyl (C=O) groups excluding carboxylic acids is 1. The van der Waals surface area contributed by atoms with Crippen molar-refractivity contribution in [2.24, 2.45) is 11.8 Å². The second-order valence-corrected chi connectivity index (χ2v) is 8.44. The van der Waals surface area contributed by atoms with Crippen molar-refractivity contribution in [1.29, 1.82) is 0 Å². The number of hydrogen-bond donors (Lipinski definition) is 3. The highest BCUT2D eigenvalue weighted by atomic mass is 32.2. The normalized spacial score (nSPS) is 21.2. The van der Waals surface area contributed by atoms with Crippen molar-refractivity contribution >= 4 is 16.1 Å². The highest BCUT2D eigenvalue weighted by molar-refractivity contribution is 7.89. The fraction of sp³-hybridized carbons (Fsp3) is 0.588. The molecule has 134 valence electrons. The molecule has 2 atom stereocenters. The van der Waals surface area contributed by atoms with E-state index in [9.17, 15) is 13.2 Å². The van der Waals surface area contributed by atoms with E-state index in [-0.39, 0.29) is 10.9 Å². The molecule has 2 unspecified atom stereocenters. The van der Waals surface area contributed by atoms with Crippen molar-refractivity contribution in [3.8, 4) is 0 Å². The SMILES string of the molecule is CNS(=O)(=O)c1cccc(CNC(=O)NCC2CCCC(C)C2)c1. The van der Waals surface area contributed by atoms with Crippen LogP contribution in [0, 0.1) is 11.8 Å². The Hall–Kier alpha value is -1.60. The van der Waals surface area contributed by atoms with Crippen LogP contribution in [0.2, 0.25) is 0 Å². The molecule has 0 bridgehead atoms. The van der Waals surface area contributed by atoms with Gasteiger partial charge in [0, 0.05) is 13.1 Å². The maximum absolute atomic E-state index is 11.9. The third kappa shape index (κ3) is 5.49. The summed E-state index contributed by atoms with van der Waals surface area (Å²) in [4.78, 5) is 12.1. The van der Waals surface area contributed by atoms with Gasteiger partial charge in [0.05, 0.1) is 4.90 Å². The van der Waals surface area contributed by atoms with Crippen LogP contribution in [0.1, 0.15) is 38.2 Å². The van der Waals surface area contributed by atoms with E-state index in [2.05, 4.69) is 22.3 Å². The van der Waals surface area contributed by atoms with Gasteiger partial charge in [0.2, 0.25) is 10.0 Å². The van der Waals surface area contributed by atoms with Crippen LogP contribution < -0.4 is 15.4 Å². The summed E-state index contributed by atoms with van der Waals surface area (Å²) >= 11 is 0. The van der Waals surface area contributed by atoms with Gasteiger partial charge in [0.1, 0.15) is 0 Å². The first kappa shape index (κ1) is 18.7. The fourth-order valence-corrected chi connectivity index (χ4v) is 3.97. The van der Waals surface area contributed by atoms with Crippen LogP contribution in [0.4, 0.5) is 4.79 Å². The first-order valence-electron chi connectivity index (χ1n) is 8.45. The molecule has 0 aromatic heterocycles. The predicted octanol–water partition coefficient (Wildman–Crippen LogP) is 2.22. The molecular weight excluding hydrogens is 326 g/mol. The minimum absolute atomic E-state index is 0.195. The average Bonchev–Trinajstić information content (AvgIpc) is 2.58. The van der Waals surface area contributed by atoms with Crippen molar-refractivity contribution in [2.45, 2.75) is 44.0 Å². The molecular formula is C17H27N3O3S. The minimum Gasteiger partial charge on any atom is -0.338 e. The average molecular weight is 353 g/mol. The van der Waals surface area contributed by atoms with Gasteiger partial charge < -0.3 is 10.6 Å². The van der Waals surface area contributed by atoms with E-state index in [0.717, 1.165) is 11.5 Å². The number of hydrogen-bond acceptors (Lipinski definition) is 3. The van der Waals surface area contributed by atoms with Crippen molar-refractivity contribution in [3.63, 3.8) is 0 Å². The van der Waals surface area contributed by atoms with E-state index in [1.807, 2.05) is 0 Å². The quantitative estimate of drug-likeness (QED) is 0.733. The molecule has 1 aliphatic rings. The highest BCUT2D eigenvalue weighted by Crippen LogP contribution is 2.27. The maximum Gasteiger partial charge on any atom is 0.315 e. The van der Waals surface area contributed by atoms with Crippen LogP contribution in [0.3, 0.4) is 0 Å². The lowest BCUT2D eigenvalue weighted by Crippen LogP contribution is -2.38. The number of urea groups is 1. The number of carbonyl (C=O) groups is 1. The van der Waals surface area contributed by atoms with Gasteiger partial charge in [-0.3, -0.25) is 0 Å². The van der Waals surface area contributed by atoms with Crippen molar-refractivity contribution in [1.82, 2.24) is 15.4 Å². The lowest BCUT2D eigenvalue weighted by atomic mass is 9.82. The number of rotatable bonds is 6. The third-order valence-electron chi connectivity index (χ3n) is 4.53. The van der Waals surface area contributed by atoms with Crippen LogP contribution in [-0.2, 0) is 16.6 Å². The van der Waals surface area contributed by atoms with Gasteiger partial charge in [0.25, 0.3) is 0 Å². The zero-order valence-electron chi connectivity index (χ0n) is 14.3. The van der Waals surface area contributed by atoms with Gasteiger partial charge >= 0.3 is 6.03 Å². The molecule has 1 aromatic carbocycles. The highest BCUT2D eigenvalue weighted by Gasteiger charge is 2.19.